The number of benzene rings is 1. The molecule has 2 N–H and O–H groups in total. The fourth-order valence-electron chi connectivity index (χ4n) is 4.19. The number of hydrogen-bond donors (Lipinski definition) is 2. The number of aromatic nitrogens is 3. The van der Waals surface area contributed by atoms with Gasteiger partial charge in [-0.1, -0.05) is 25.0 Å². The van der Waals surface area contributed by atoms with Crippen LogP contribution in [-0.4, -0.2) is 57.8 Å². The first kappa shape index (κ1) is 21.0. The molecule has 4 rings (SSSR count). The molecule has 2 aromatic rings. The van der Waals surface area contributed by atoms with Crippen LogP contribution < -0.4 is 10.6 Å². The average molecular weight is 495 g/mol. The van der Waals surface area contributed by atoms with E-state index in [0.29, 0.717) is 6.04 Å². The van der Waals surface area contributed by atoms with Gasteiger partial charge in [-0.3, -0.25) is 9.89 Å². The summed E-state index contributed by atoms with van der Waals surface area (Å²) in [5.74, 6) is 0.883. The highest BCUT2D eigenvalue weighted by Crippen LogP contribution is 2.26. The van der Waals surface area contributed by atoms with Gasteiger partial charge in [0.1, 0.15) is 12.7 Å². The van der Waals surface area contributed by atoms with Crippen molar-refractivity contribution in [3.63, 3.8) is 0 Å². The zero-order chi connectivity index (χ0) is 18.5. The lowest BCUT2D eigenvalue weighted by molar-refractivity contribution is 0.242. The normalized spacial score (nSPS) is 20.9. The van der Waals surface area contributed by atoms with Crippen LogP contribution in [0.3, 0.4) is 0 Å². The minimum absolute atomic E-state index is 0. The quantitative estimate of drug-likeness (QED) is 0.379. The number of likely N-dealkylation sites (tertiary alicyclic amines) is 1. The molecule has 0 bridgehead atoms. The van der Waals surface area contributed by atoms with E-state index in [1.807, 2.05) is 7.05 Å². The summed E-state index contributed by atoms with van der Waals surface area (Å²) in [4.78, 5) is 11.1. The second kappa shape index (κ2) is 10.2. The SMILES string of the molecule is CN=C(NCc1ccc(-n2cncn2)cc1)NC1CCN(C2CCCC2)C1.I. The Morgan fingerprint density at radius 3 is 2.64 bits per heavy atom. The second-order valence-corrected chi connectivity index (χ2v) is 7.50. The van der Waals surface area contributed by atoms with E-state index in [4.69, 9.17) is 0 Å². The number of nitrogens with zero attached hydrogens (tertiary/aromatic N) is 5. The summed E-state index contributed by atoms with van der Waals surface area (Å²) in [7, 11) is 1.84. The van der Waals surface area contributed by atoms with Crippen LogP contribution in [0.2, 0.25) is 0 Å². The molecular weight excluding hydrogens is 465 g/mol. The fraction of sp³-hybridized carbons (Fsp3) is 0.550. The molecule has 2 fully saturated rings. The van der Waals surface area contributed by atoms with E-state index < -0.39 is 0 Å². The number of rotatable bonds is 5. The van der Waals surface area contributed by atoms with Crippen molar-refractivity contribution in [2.24, 2.45) is 4.99 Å². The van der Waals surface area contributed by atoms with Gasteiger partial charge in [-0.05, 0) is 37.0 Å². The van der Waals surface area contributed by atoms with Crippen molar-refractivity contribution in [3.05, 3.63) is 42.5 Å². The van der Waals surface area contributed by atoms with Gasteiger partial charge in [-0.2, -0.15) is 5.10 Å². The van der Waals surface area contributed by atoms with Gasteiger partial charge in [0, 0.05) is 38.8 Å². The van der Waals surface area contributed by atoms with Crippen molar-refractivity contribution in [2.45, 2.75) is 50.7 Å². The third-order valence-corrected chi connectivity index (χ3v) is 5.70. The minimum atomic E-state index is 0. The standard InChI is InChI=1S/C20H29N7.HI/c1-21-20(25-17-10-11-26(13-17)18-4-2-3-5-18)23-12-16-6-8-19(9-7-16)27-15-22-14-24-27;/h6-9,14-15,17-18H,2-5,10-13H2,1H3,(H2,21,23,25);1H. The Bertz CT molecular complexity index is 738. The smallest absolute Gasteiger partial charge is 0.191 e. The molecule has 1 saturated heterocycles. The van der Waals surface area contributed by atoms with Crippen molar-refractivity contribution in [1.29, 1.82) is 0 Å². The first-order valence-electron chi connectivity index (χ1n) is 9.97. The van der Waals surface area contributed by atoms with Crippen LogP contribution in [0.15, 0.2) is 41.9 Å². The molecule has 2 aliphatic rings. The van der Waals surface area contributed by atoms with E-state index in [0.717, 1.165) is 30.8 Å². The van der Waals surface area contributed by atoms with E-state index >= 15 is 0 Å². The lowest BCUT2D eigenvalue weighted by atomic mass is 10.2. The minimum Gasteiger partial charge on any atom is -0.352 e. The summed E-state index contributed by atoms with van der Waals surface area (Å²) in [6.07, 6.45) is 10.0. The van der Waals surface area contributed by atoms with Crippen LogP contribution in [0, 0.1) is 0 Å². The average Bonchev–Trinajstić information content (AvgIpc) is 3.47. The third kappa shape index (κ3) is 5.22. The Morgan fingerprint density at radius 2 is 1.96 bits per heavy atom. The molecule has 1 unspecified atom stereocenters. The molecular formula is C20H30IN7. The van der Waals surface area contributed by atoms with Crippen LogP contribution in [0.5, 0.6) is 0 Å². The van der Waals surface area contributed by atoms with Gasteiger partial charge >= 0.3 is 0 Å². The van der Waals surface area contributed by atoms with Crippen molar-refractivity contribution in [2.75, 3.05) is 20.1 Å². The summed E-state index contributed by atoms with van der Waals surface area (Å²) in [6, 6.07) is 9.63. The first-order valence-corrected chi connectivity index (χ1v) is 9.97. The molecule has 0 spiro atoms. The molecule has 0 amide bonds. The first-order chi connectivity index (χ1) is 13.3. The molecule has 1 atom stereocenters. The second-order valence-electron chi connectivity index (χ2n) is 7.50. The molecule has 1 aliphatic carbocycles. The van der Waals surface area contributed by atoms with Gasteiger partial charge in [-0.25, -0.2) is 9.67 Å². The Kier molecular flexibility index (Phi) is 7.66. The van der Waals surface area contributed by atoms with Crippen LogP contribution >= 0.6 is 24.0 Å². The zero-order valence-corrected chi connectivity index (χ0v) is 18.8. The lowest BCUT2D eigenvalue weighted by Crippen LogP contribution is -2.45. The molecule has 8 heteroatoms. The van der Waals surface area contributed by atoms with Crippen LogP contribution in [0.4, 0.5) is 0 Å². The number of aliphatic imine (C=N–C) groups is 1. The summed E-state index contributed by atoms with van der Waals surface area (Å²) in [5.41, 5.74) is 2.22. The summed E-state index contributed by atoms with van der Waals surface area (Å²) in [6.45, 7) is 3.09. The molecule has 1 saturated carbocycles. The van der Waals surface area contributed by atoms with E-state index in [-0.39, 0.29) is 24.0 Å². The van der Waals surface area contributed by atoms with Gasteiger partial charge < -0.3 is 10.6 Å². The molecule has 1 aliphatic heterocycles. The molecule has 1 aromatic heterocycles. The summed E-state index contributed by atoms with van der Waals surface area (Å²) < 4.78 is 1.76. The lowest BCUT2D eigenvalue weighted by Gasteiger charge is -2.24. The Hall–Kier alpha value is -1.68. The topological polar surface area (TPSA) is 70.4 Å². The highest BCUT2D eigenvalue weighted by Gasteiger charge is 2.30. The van der Waals surface area contributed by atoms with Crippen molar-refractivity contribution in [1.82, 2.24) is 30.3 Å². The van der Waals surface area contributed by atoms with Crippen LogP contribution in [0.25, 0.3) is 5.69 Å². The molecule has 152 valence electrons. The highest BCUT2D eigenvalue weighted by molar-refractivity contribution is 14.0. The Labute approximate surface area is 184 Å². The summed E-state index contributed by atoms with van der Waals surface area (Å²) in [5, 5.41) is 11.2. The predicted molar refractivity (Wildman–Crippen MR) is 122 cm³/mol. The van der Waals surface area contributed by atoms with Gasteiger partial charge in [0.15, 0.2) is 5.96 Å². The number of nitrogens with one attached hydrogen (secondary N) is 2. The van der Waals surface area contributed by atoms with Gasteiger partial charge in [0.05, 0.1) is 5.69 Å². The molecule has 2 heterocycles. The third-order valence-electron chi connectivity index (χ3n) is 5.70. The molecule has 1 aromatic carbocycles. The maximum absolute atomic E-state index is 4.40. The maximum Gasteiger partial charge on any atom is 0.191 e. The maximum atomic E-state index is 4.40. The van der Waals surface area contributed by atoms with Crippen molar-refractivity contribution < 1.29 is 0 Å². The molecule has 7 nitrogen and oxygen atoms in total. The van der Waals surface area contributed by atoms with E-state index in [1.165, 1.54) is 44.2 Å². The Balaban J connectivity index is 0.00000225. The monoisotopic (exact) mass is 495 g/mol. The Morgan fingerprint density at radius 1 is 1.18 bits per heavy atom. The van der Waals surface area contributed by atoms with E-state index in [2.05, 4.69) is 54.9 Å². The van der Waals surface area contributed by atoms with Crippen LogP contribution in [-0.2, 0) is 6.54 Å². The van der Waals surface area contributed by atoms with E-state index in [1.54, 1.807) is 17.3 Å². The molecule has 0 radical (unpaired) electrons. The van der Waals surface area contributed by atoms with Gasteiger partial charge in [0.2, 0.25) is 0 Å². The zero-order valence-electron chi connectivity index (χ0n) is 16.4. The predicted octanol–water partition coefficient (Wildman–Crippen LogP) is 2.57. The largest absolute Gasteiger partial charge is 0.352 e. The van der Waals surface area contributed by atoms with Crippen LogP contribution in [0.1, 0.15) is 37.7 Å². The fourth-order valence-corrected chi connectivity index (χ4v) is 4.19. The van der Waals surface area contributed by atoms with Crippen molar-refractivity contribution >= 4 is 29.9 Å². The van der Waals surface area contributed by atoms with Crippen molar-refractivity contribution in [3.8, 4) is 5.69 Å². The number of halogens is 1. The van der Waals surface area contributed by atoms with E-state index in [9.17, 15) is 0 Å². The highest BCUT2D eigenvalue weighted by atomic mass is 127. The molecule has 28 heavy (non-hydrogen) atoms. The summed E-state index contributed by atoms with van der Waals surface area (Å²) >= 11 is 0. The number of guanidine groups is 1. The van der Waals surface area contributed by atoms with Gasteiger partial charge in [0.25, 0.3) is 0 Å². The van der Waals surface area contributed by atoms with Gasteiger partial charge in [-0.15, -0.1) is 24.0 Å². The number of hydrogen-bond acceptors (Lipinski definition) is 4.